The van der Waals surface area contributed by atoms with Gasteiger partial charge in [-0.1, -0.05) is 24.3 Å². The number of fused-ring (bicyclic) bond motifs is 2. The van der Waals surface area contributed by atoms with E-state index in [1.807, 2.05) is 36.4 Å². The fraction of sp³-hybridized carbons (Fsp3) is 0.407. The van der Waals surface area contributed by atoms with Crippen LogP contribution in [0.5, 0.6) is 0 Å². The van der Waals surface area contributed by atoms with Crippen LogP contribution in [0.15, 0.2) is 58.2 Å². The van der Waals surface area contributed by atoms with Crippen molar-refractivity contribution >= 4 is 40.0 Å². The van der Waals surface area contributed by atoms with Crippen molar-refractivity contribution in [2.24, 2.45) is 21.2 Å². The van der Waals surface area contributed by atoms with Crippen LogP contribution in [0.25, 0.3) is 22.1 Å². The quantitative estimate of drug-likeness (QED) is 0.237. The number of aromatic nitrogens is 5. The third-order valence-electron chi connectivity index (χ3n) is 7.81. The molecule has 15 heteroatoms. The van der Waals surface area contributed by atoms with E-state index in [2.05, 4.69) is 25.7 Å². The first kappa shape index (κ1) is 26.5. The lowest BCUT2D eigenvalue weighted by Crippen LogP contribution is -2.32. The molecule has 0 spiro atoms. The van der Waals surface area contributed by atoms with Crippen molar-refractivity contribution in [2.45, 2.75) is 55.4 Å². The number of nitrogens with two attached hydrogens (primary N) is 1. The largest absolute Gasteiger partial charge is 0.388 e. The monoisotopic (exact) mass is 572 g/mol. The zero-order valence-electron chi connectivity index (χ0n) is 22.3. The second-order valence-electron chi connectivity index (χ2n) is 10.6. The molecule has 2 saturated heterocycles. The summed E-state index contributed by atoms with van der Waals surface area (Å²) < 4.78 is 13.1. The van der Waals surface area contributed by atoms with Crippen LogP contribution in [-0.4, -0.2) is 84.4 Å². The van der Waals surface area contributed by atoms with E-state index in [9.17, 15) is 15.0 Å². The first-order valence-electron chi connectivity index (χ1n) is 13.6. The van der Waals surface area contributed by atoms with Gasteiger partial charge in [-0.3, -0.25) is 9.36 Å². The maximum absolute atomic E-state index is 11.3. The maximum atomic E-state index is 11.3. The van der Waals surface area contributed by atoms with E-state index in [4.69, 9.17) is 30.2 Å². The lowest BCUT2D eigenvalue weighted by atomic mass is 9.95. The Hall–Kier alpha value is -4.44. The number of carbonyl (C=O) groups excluding carboxylic acids is 1. The number of aliphatic hydroxyl groups is 2. The van der Waals surface area contributed by atoms with Crippen molar-refractivity contribution in [2.75, 3.05) is 18.5 Å². The van der Waals surface area contributed by atoms with Gasteiger partial charge in [0.2, 0.25) is 11.4 Å². The van der Waals surface area contributed by atoms with Crippen LogP contribution in [-0.2, 0) is 19.8 Å². The minimum absolute atomic E-state index is 0.00130. The van der Waals surface area contributed by atoms with Crippen LogP contribution in [0.1, 0.15) is 37.0 Å². The highest BCUT2D eigenvalue weighted by atomic mass is 16.6. The Morgan fingerprint density at radius 3 is 2.81 bits per heavy atom. The van der Waals surface area contributed by atoms with Crippen LogP contribution in [0.3, 0.4) is 0 Å². The summed E-state index contributed by atoms with van der Waals surface area (Å²) in [6, 6.07) is 11.5. The van der Waals surface area contributed by atoms with Crippen molar-refractivity contribution in [3.63, 3.8) is 0 Å². The predicted octanol–water partition coefficient (Wildman–Crippen LogP) is 1.16. The number of imidazole rings is 1. The molecule has 3 aliphatic rings. The summed E-state index contributed by atoms with van der Waals surface area (Å²) >= 11 is 0. The number of ether oxygens (including phenoxy) is 2. The Morgan fingerprint density at radius 1 is 1.14 bits per heavy atom. The summed E-state index contributed by atoms with van der Waals surface area (Å²) in [4.78, 5) is 30.5. The van der Waals surface area contributed by atoms with Crippen LogP contribution in [0.4, 0.5) is 5.82 Å². The molecule has 4 aromatic rings. The molecule has 216 valence electrons. The normalized spacial score (nSPS) is 28.8. The van der Waals surface area contributed by atoms with E-state index in [-0.39, 0.29) is 24.7 Å². The van der Waals surface area contributed by atoms with E-state index < -0.39 is 36.0 Å². The number of rotatable bonds is 8. The average Bonchev–Trinajstić information content (AvgIpc) is 3.81. The molecule has 5 N–H and O–H groups in total. The molecule has 6 atom stereocenters. The van der Waals surface area contributed by atoms with Crippen LogP contribution < -0.4 is 11.1 Å². The number of anilines is 1. The lowest BCUT2D eigenvalue weighted by molar-refractivity contribution is -0.119. The van der Waals surface area contributed by atoms with Crippen molar-refractivity contribution < 1.29 is 24.5 Å². The number of para-hydroxylation sites is 1. The van der Waals surface area contributed by atoms with Gasteiger partial charge in [0.1, 0.15) is 12.2 Å². The van der Waals surface area contributed by atoms with Gasteiger partial charge in [0, 0.05) is 18.4 Å². The summed E-state index contributed by atoms with van der Waals surface area (Å²) in [5, 5.41) is 38.4. The van der Waals surface area contributed by atoms with Gasteiger partial charge in [0.25, 0.3) is 0 Å². The molecular weight excluding hydrogens is 544 g/mol. The van der Waals surface area contributed by atoms with E-state index in [1.165, 1.54) is 6.33 Å². The number of nitrogens with one attached hydrogen (secondary N) is 1. The van der Waals surface area contributed by atoms with Gasteiger partial charge in [-0.2, -0.15) is 0 Å². The third kappa shape index (κ3) is 4.46. The first-order chi connectivity index (χ1) is 20.4. The lowest BCUT2D eigenvalue weighted by Gasteiger charge is -2.22. The molecule has 7 rings (SSSR count). The predicted molar refractivity (Wildman–Crippen MR) is 148 cm³/mol. The first-order valence-corrected chi connectivity index (χ1v) is 13.6. The minimum Gasteiger partial charge on any atom is -0.388 e. The fourth-order valence-electron chi connectivity index (χ4n) is 5.54. The second kappa shape index (κ2) is 10.4. The van der Waals surface area contributed by atoms with E-state index in [1.54, 1.807) is 10.8 Å². The molecule has 0 saturated carbocycles. The van der Waals surface area contributed by atoms with Crippen LogP contribution in [0.2, 0.25) is 0 Å². The molecule has 1 amide bonds. The molecule has 0 aliphatic carbocycles. The molecular formula is C27H28N10O5. The average molecular weight is 573 g/mol. The standard InChI is InChI=1S/C27H28N10O5/c28-19(38)8-6-17-21(39)22(40)25(42-17)37-13-29-20-23(31-15-9-10-41-11-15)33-26(34-24(20)37)27(12-30-36-35-27)18-7-5-14-3-1-2-4-16(14)32-18/h1-5,7,12-13,15,17,21-22,25,39-40H,6,8-11H2,(H2,28,38)(H,31,33,34)/t15-,17+,21-,22+,25-,27?/m1/s1. The molecule has 1 unspecified atom stereocenters. The van der Waals surface area contributed by atoms with Crippen molar-refractivity contribution in [1.82, 2.24) is 24.5 Å². The van der Waals surface area contributed by atoms with Crippen molar-refractivity contribution in [3.8, 4) is 0 Å². The molecule has 3 aromatic heterocycles. The summed E-state index contributed by atoms with van der Waals surface area (Å²) in [5.74, 6) is 0.128. The summed E-state index contributed by atoms with van der Waals surface area (Å²) in [6.45, 7) is 1.12. The zero-order valence-corrected chi connectivity index (χ0v) is 22.3. The number of amides is 1. The van der Waals surface area contributed by atoms with Gasteiger partial charge in [-0.05, 0) is 30.2 Å². The van der Waals surface area contributed by atoms with Crippen molar-refractivity contribution in [3.05, 3.63) is 54.2 Å². The molecule has 0 bridgehead atoms. The van der Waals surface area contributed by atoms with Gasteiger partial charge >= 0.3 is 0 Å². The molecule has 15 nitrogen and oxygen atoms in total. The number of carbonyl (C=O) groups is 1. The van der Waals surface area contributed by atoms with E-state index in [0.717, 1.165) is 17.3 Å². The van der Waals surface area contributed by atoms with Gasteiger partial charge < -0.3 is 30.7 Å². The minimum atomic E-state index is -1.34. The second-order valence-corrected chi connectivity index (χ2v) is 10.6. The Bertz CT molecular complexity index is 1710. The smallest absolute Gasteiger partial charge is 0.221 e. The molecule has 2 fully saturated rings. The maximum Gasteiger partial charge on any atom is 0.221 e. The number of hydrogen-bond donors (Lipinski definition) is 4. The van der Waals surface area contributed by atoms with Crippen LogP contribution in [0, 0.1) is 0 Å². The number of hydrogen-bond acceptors (Lipinski definition) is 13. The summed E-state index contributed by atoms with van der Waals surface area (Å²) in [6.07, 6.45) is -0.470. The number of benzene rings is 1. The number of nitrogens with zero attached hydrogens (tertiary/aromatic N) is 8. The Balaban J connectivity index is 1.36. The Kier molecular flexibility index (Phi) is 6.57. The van der Waals surface area contributed by atoms with Crippen LogP contribution >= 0.6 is 0 Å². The molecule has 3 aliphatic heterocycles. The number of primary amides is 1. The van der Waals surface area contributed by atoms with Gasteiger partial charge in [-0.25, -0.2) is 19.9 Å². The summed E-state index contributed by atoms with van der Waals surface area (Å²) in [7, 11) is 0. The number of pyridine rings is 1. The highest BCUT2D eigenvalue weighted by Crippen LogP contribution is 2.38. The molecule has 1 aromatic carbocycles. The zero-order chi connectivity index (χ0) is 28.8. The highest BCUT2D eigenvalue weighted by Gasteiger charge is 2.45. The van der Waals surface area contributed by atoms with E-state index in [0.29, 0.717) is 35.9 Å². The van der Waals surface area contributed by atoms with Crippen molar-refractivity contribution in [1.29, 1.82) is 0 Å². The van der Waals surface area contributed by atoms with Gasteiger partial charge in [0.05, 0.1) is 42.5 Å². The fourth-order valence-corrected chi connectivity index (χ4v) is 5.54. The Labute approximate surface area is 238 Å². The Morgan fingerprint density at radius 2 is 2.02 bits per heavy atom. The third-order valence-corrected chi connectivity index (χ3v) is 7.81. The van der Waals surface area contributed by atoms with Gasteiger partial charge in [0.15, 0.2) is 29.0 Å². The topological polar surface area (TPSA) is 208 Å². The van der Waals surface area contributed by atoms with E-state index >= 15 is 0 Å². The number of aliphatic hydroxyl groups excluding tert-OH is 2. The molecule has 0 radical (unpaired) electrons. The SMILES string of the molecule is NC(=O)CC[C@@H]1O[C@@H](n2cnc3c(N[C@@H]4CCOC4)nc(C4(c5ccc6ccccc6n5)C=NN=N4)nc32)[C@@H](O)[C@@H]1O. The highest BCUT2D eigenvalue weighted by molar-refractivity contribution is 5.86. The summed E-state index contributed by atoms with van der Waals surface area (Å²) in [5.41, 5.74) is 5.97. The van der Waals surface area contributed by atoms with Gasteiger partial charge in [-0.15, -0.1) is 10.2 Å². The molecule has 6 heterocycles. The molecule has 42 heavy (non-hydrogen) atoms.